The second-order valence-corrected chi connectivity index (χ2v) is 5.36. The van der Waals surface area contributed by atoms with Crippen molar-refractivity contribution in [3.63, 3.8) is 0 Å². The molecule has 0 aliphatic heterocycles. The molecule has 0 amide bonds. The molecule has 116 valence electrons. The van der Waals surface area contributed by atoms with Crippen molar-refractivity contribution in [1.82, 2.24) is 5.32 Å². The van der Waals surface area contributed by atoms with Crippen molar-refractivity contribution in [3.8, 4) is 0 Å². The van der Waals surface area contributed by atoms with Gasteiger partial charge in [0.2, 0.25) is 0 Å². The lowest BCUT2D eigenvalue weighted by Gasteiger charge is -2.18. The molecule has 0 saturated carbocycles. The van der Waals surface area contributed by atoms with Gasteiger partial charge in [0.1, 0.15) is 0 Å². The lowest BCUT2D eigenvalue weighted by atomic mass is 10.0. The van der Waals surface area contributed by atoms with Crippen molar-refractivity contribution in [1.29, 1.82) is 0 Å². The Balaban J connectivity index is 2.02. The molecule has 0 aliphatic carbocycles. The molecular formula is C17H20N2O3. The van der Waals surface area contributed by atoms with Gasteiger partial charge in [0, 0.05) is 24.2 Å². The van der Waals surface area contributed by atoms with Crippen LogP contribution in [0.2, 0.25) is 0 Å². The second-order valence-electron chi connectivity index (χ2n) is 5.36. The normalized spacial score (nSPS) is 13.6. The predicted octanol–water partition coefficient (Wildman–Crippen LogP) is 3.29. The van der Waals surface area contributed by atoms with Gasteiger partial charge >= 0.3 is 0 Å². The number of benzene rings is 2. The van der Waals surface area contributed by atoms with E-state index < -0.39 is 6.10 Å². The van der Waals surface area contributed by atoms with Crippen LogP contribution in [0.1, 0.15) is 35.8 Å². The molecule has 2 unspecified atom stereocenters. The van der Waals surface area contributed by atoms with Crippen molar-refractivity contribution in [2.75, 3.05) is 6.54 Å². The largest absolute Gasteiger partial charge is 0.387 e. The highest BCUT2D eigenvalue weighted by atomic mass is 16.6. The summed E-state index contributed by atoms with van der Waals surface area (Å²) < 4.78 is 0. The third-order valence-corrected chi connectivity index (χ3v) is 3.73. The summed E-state index contributed by atoms with van der Waals surface area (Å²) in [4.78, 5) is 10.6. The topological polar surface area (TPSA) is 75.4 Å². The van der Waals surface area contributed by atoms with E-state index in [1.54, 1.807) is 19.1 Å². The minimum atomic E-state index is -0.607. The Bertz CT molecular complexity index is 644. The summed E-state index contributed by atoms with van der Waals surface area (Å²) in [6.07, 6.45) is -0.607. The zero-order valence-electron chi connectivity index (χ0n) is 12.7. The van der Waals surface area contributed by atoms with Crippen molar-refractivity contribution in [2.45, 2.75) is 26.0 Å². The van der Waals surface area contributed by atoms with Crippen LogP contribution in [-0.2, 0) is 0 Å². The minimum absolute atomic E-state index is 0.0855. The first-order valence-electron chi connectivity index (χ1n) is 7.20. The third kappa shape index (κ3) is 3.90. The van der Waals surface area contributed by atoms with Crippen LogP contribution >= 0.6 is 0 Å². The Morgan fingerprint density at radius 3 is 2.50 bits per heavy atom. The first-order chi connectivity index (χ1) is 10.5. The highest BCUT2D eigenvalue weighted by Crippen LogP contribution is 2.23. The Labute approximate surface area is 129 Å². The van der Waals surface area contributed by atoms with E-state index in [1.165, 1.54) is 0 Å². The van der Waals surface area contributed by atoms with Crippen molar-refractivity contribution < 1.29 is 10.0 Å². The van der Waals surface area contributed by atoms with Crippen LogP contribution in [0.15, 0.2) is 48.5 Å². The predicted molar refractivity (Wildman–Crippen MR) is 85.7 cm³/mol. The summed E-state index contributed by atoms with van der Waals surface area (Å²) in [5.41, 5.74) is 2.44. The number of aliphatic hydroxyl groups excluding tert-OH is 1. The first-order valence-corrected chi connectivity index (χ1v) is 7.20. The average molecular weight is 300 g/mol. The van der Waals surface area contributed by atoms with E-state index in [-0.39, 0.29) is 16.7 Å². The molecule has 0 bridgehead atoms. The van der Waals surface area contributed by atoms with Crippen LogP contribution in [0, 0.1) is 17.0 Å². The number of hydrogen-bond acceptors (Lipinski definition) is 4. The van der Waals surface area contributed by atoms with Gasteiger partial charge in [-0.25, -0.2) is 0 Å². The number of hydrogen-bond donors (Lipinski definition) is 2. The molecule has 2 atom stereocenters. The molecule has 0 aliphatic rings. The minimum Gasteiger partial charge on any atom is -0.387 e. The number of nitrogens with one attached hydrogen (secondary N) is 1. The van der Waals surface area contributed by atoms with E-state index in [1.807, 2.05) is 43.3 Å². The van der Waals surface area contributed by atoms with Gasteiger partial charge in [-0.2, -0.15) is 0 Å². The summed E-state index contributed by atoms with van der Waals surface area (Å²) in [5, 5.41) is 24.3. The third-order valence-electron chi connectivity index (χ3n) is 3.73. The van der Waals surface area contributed by atoms with E-state index in [0.717, 1.165) is 11.1 Å². The SMILES string of the molecule is Cc1ccc(C(C)NCC(O)c2ccccc2)cc1[N+](=O)[O-]. The van der Waals surface area contributed by atoms with Crippen LogP contribution in [0.4, 0.5) is 5.69 Å². The summed E-state index contributed by atoms with van der Waals surface area (Å²) in [7, 11) is 0. The fourth-order valence-corrected chi connectivity index (χ4v) is 2.29. The van der Waals surface area contributed by atoms with E-state index in [2.05, 4.69) is 5.32 Å². The molecule has 0 aromatic heterocycles. The fraction of sp³-hybridized carbons (Fsp3) is 0.294. The zero-order chi connectivity index (χ0) is 16.1. The molecule has 2 rings (SSSR count). The van der Waals surface area contributed by atoms with E-state index in [9.17, 15) is 15.2 Å². The molecular weight excluding hydrogens is 280 g/mol. The van der Waals surface area contributed by atoms with Gasteiger partial charge in [-0.15, -0.1) is 0 Å². The molecule has 2 aromatic rings. The standard InChI is InChI=1S/C17H20N2O3/c1-12-8-9-15(10-16(12)19(21)22)13(2)18-11-17(20)14-6-4-3-5-7-14/h3-10,13,17-18,20H,11H2,1-2H3. The van der Waals surface area contributed by atoms with Gasteiger partial charge in [-0.3, -0.25) is 10.1 Å². The van der Waals surface area contributed by atoms with Gasteiger partial charge in [-0.05, 0) is 25.0 Å². The number of nitro groups is 1. The number of rotatable bonds is 6. The molecule has 0 saturated heterocycles. The molecule has 2 aromatic carbocycles. The number of aliphatic hydroxyl groups is 1. The molecule has 5 nitrogen and oxygen atoms in total. The maximum Gasteiger partial charge on any atom is 0.272 e. The number of aryl methyl sites for hydroxylation is 1. The molecule has 5 heteroatoms. The molecule has 0 spiro atoms. The lowest BCUT2D eigenvalue weighted by molar-refractivity contribution is -0.385. The first kappa shape index (κ1) is 16.1. The highest BCUT2D eigenvalue weighted by molar-refractivity contribution is 5.43. The monoisotopic (exact) mass is 300 g/mol. The lowest BCUT2D eigenvalue weighted by Crippen LogP contribution is -2.24. The van der Waals surface area contributed by atoms with Crippen molar-refractivity contribution in [3.05, 3.63) is 75.3 Å². The quantitative estimate of drug-likeness (QED) is 0.634. The molecule has 22 heavy (non-hydrogen) atoms. The molecule has 0 fully saturated rings. The Kier molecular flexibility index (Phi) is 5.25. The number of nitrogens with zero attached hydrogens (tertiary/aromatic N) is 1. The maximum absolute atomic E-state index is 11.0. The van der Waals surface area contributed by atoms with E-state index in [4.69, 9.17) is 0 Å². The van der Waals surface area contributed by atoms with Crippen LogP contribution in [0.5, 0.6) is 0 Å². The van der Waals surface area contributed by atoms with E-state index in [0.29, 0.717) is 12.1 Å². The second kappa shape index (κ2) is 7.15. The summed E-state index contributed by atoms with van der Waals surface area (Å²) >= 11 is 0. The highest BCUT2D eigenvalue weighted by Gasteiger charge is 2.15. The molecule has 0 heterocycles. The van der Waals surface area contributed by atoms with Crippen molar-refractivity contribution in [2.24, 2.45) is 0 Å². The van der Waals surface area contributed by atoms with Crippen LogP contribution in [0.25, 0.3) is 0 Å². The fourth-order valence-electron chi connectivity index (χ4n) is 2.29. The van der Waals surface area contributed by atoms with Gasteiger partial charge in [-0.1, -0.05) is 42.5 Å². The van der Waals surface area contributed by atoms with Crippen LogP contribution in [0.3, 0.4) is 0 Å². The van der Waals surface area contributed by atoms with E-state index >= 15 is 0 Å². The van der Waals surface area contributed by atoms with Crippen LogP contribution < -0.4 is 5.32 Å². The maximum atomic E-state index is 11.0. The Morgan fingerprint density at radius 1 is 1.18 bits per heavy atom. The number of nitro benzene ring substituents is 1. The van der Waals surface area contributed by atoms with Gasteiger partial charge in [0.25, 0.3) is 5.69 Å². The van der Waals surface area contributed by atoms with Crippen molar-refractivity contribution >= 4 is 5.69 Å². The molecule has 0 radical (unpaired) electrons. The summed E-state index contributed by atoms with van der Waals surface area (Å²) in [6, 6.07) is 14.5. The van der Waals surface area contributed by atoms with Crippen LogP contribution in [-0.4, -0.2) is 16.6 Å². The van der Waals surface area contributed by atoms with Gasteiger partial charge in [0.15, 0.2) is 0 Å². The zero-order valence-corrected chi connectivity index (χ0v) is 12.7. The van der Waals surface area contributed by atoms with Gasteiger partial charge < -0.3 is 10.4 Å². The Hall–Kier alpha value is -2.24. The average Bonchev–Trinajstić information content (AvgIpc) is 2.53. The summed E-state index contributed by atoms with van der Waals surface area (Å²) in [6.45, 7) is 4.03. The Morgan fingerprint density at radius 2 is 1.86 bits per heavy atom. The molecule has 2 N–H and O–H groups in total. The summed E-state index contributed by atoms with van der Waals surface area (Å²) in [5.74, 6) is 0. The smallest absolute Gasteiger partial charge is 0.272 e. The van der Waals surface area contributed by atoms with Gasteiger partial charge in [0.05, 0.1) is 11.0 Å².